The molecule has 2 N–H and O–H groups in total. The highest BCUT2D eigenvalue weighted by atomic mass is 16.3. The first-order valence-corrected chi connectivity index (χ1v) is 6.04. The number of aliphatic hydroxyl groups is 1. The molecule has 2 fully saturated rings. The number of hydrogen-bond donors (Lipinski definition) is 2. The van der Waals surface area contributed by atoms with Crippen molar-refractivity contribution in [2.24, 2.45) is 0 Å². The smallest absolute Gasteiger partial charge is 0.245 e. The Bertz CT molecular complexity index is 321. The number of likely N-dealkylation sites (N-methyl/N-ethyl adjacent to an activating group) is 1. The van der Waals surface area contributed by atoms with E-state index >= 15 is 0 Å². The Hall–Kier alpha value is -1.14. The molecule has 2 heterocycles. The summed E-state index contributed by atoms with van der Waals surface area (Å²) in [6, 6.07) is -0.280. The van der Waals surface area contributed by atoms with Gasteiger partial charge in [0, 0.05) is 19.6 Å². The van der Waals surface area contributed by atoms with Crippen molar-refractivity contribution in [3.63, 3.8) is 0 Å². The summed E-state index contributed by atoms with van der Waals surface area (Å²) in [7, 11) is 1.74. The molecule has 2 saturated heterocycles. The molecule has 0 aromatic rings. The molecule has 2 atom stereocenters. The van der Waals surface area contributed by atoms with E-state index in [0.29, 0.717) is 13.1 Å². The minimum Gasteiger partial charge on any atom is -0.390 e. The molecule has 0 spiro atoms. The summed E-state index contributed by atoms with van der Waals surface area (Å²) < 4.78 is 0. The molecule has 6 heteroatoms. The molecule has 2 aliphatic heterocycles. The van der Waals surface area contributed by atoms with Gasteiger partial charge in [0.1, 0.15) is 6.04 Å². The van der Waals surface area contributed by atoms with E-state index in [4.69, 9.17) is 0 Å². The monoisotopic (exact) mass is 241 g/mol. The van der Waals surface area contributed by atoms with E-state index in [2.05, 4.69) is 5.32 Å². The van der Waals surface area contributed by atoms with Crippen molar-refractivity contribution in [2.75, 3.05) is 33.2 Å². The highest BCUT2D eigenvalue weighted by Crippen LogP contribution is 2.23. The number of carbonyl (C=O) groups is 2. The zero-order chi connectivity index (χ0) is 12.4. The van der Waals surface area contributed by atoms with Crippen LogP contribution in [0.4, 0.5) is 0 Å². The number of aliphatic hydroxyl groups excluding tert-OH is 1. The number of hydrogen-bond acceptors (Lipinski definition) is 4. The Kier molecular flexibility index (Phi) is 3.63. The van der Waals surface area contributed by atoms with Gasteiger partial charge in [0.25, 0.3) is 0 Å². The van der Waals surface area contributed by atoms with Crippen LogP contribution in [0.1, 0.15) is 12.8 Å². The van der Waals surface area contributed by atoms with E-state index in [1.165, 1.54) is 4.90 Å². The lowest BCUT2D eigenvalue weighted by Gasteiger charge is -2.37. The van der Waals surface area contributed by atoms with Crippen LogP contribution in [-0.4, -0.2) is 72.1 Å². The number of fused-ring (bicyclic) bond motifs is 1. The number of amides is 2. The van der Waals surface area contributed by atoms with E-state index in [9.17, 15) is 14.7 Å². The molecule has 0 aliphatic carbocycles. The van der Waals surface area contributed by atoms with Crippen molar-refractivity contribution in [2.45, 2.75) is 25.0 Å². The van der Waals surface area contributed by atoms with Crippen molar-refractivity contribution >= 4 is 11.8 Å². The van der Waals surface area contributed by atoms with Crippen molar-refractivity contribution in [3.8, 4) is 0 Å². The molecule has 2 unspecified atom stereocenters. The molecule has 96 valence electrons. The largest absolute Gasteiger partial charge is 0.390 e. The lowest BCUT2D eigenvalue weighted by atomic mass is 10.1. The van der Waals surface area contributed by atoms with Gasteiger partial charge in [0.15, 0.2) is 0 Å². The summed E-state index contributed by atoms with van der Waals surface area (Å²) in [6.45, 7) is 1.46. The molecular weight excluding hydrogens is 222 g/mol. The van der Waals surface area contributed by atoms with E-state index in [0.717, 1.165) is 12.8 Å². The van der Waals surface area contributed by atoms with Gasteiger partial charge >= 0.3 is 0 Å². The highest BCUT2D eigenvalue weighted by molar-refractivity contribution is 5.95. The van der Waals surface area contributed by atoms with Crippen molar-refractivity contribution in [3.05, 3.63) is 0 Å². The first kappa shape index (κ1) is 12.3. The average molecular weight is 241 g/mol. The Morgan fingerprint density at radius 2 is 2.29 bits per heavy atom. The van der Waals surface area contributed by atoms with Crippen molar-refractivity contribution in [1.29, 1.82) is 0 Å². The summed E-state index contributed by atoms with van der Waals surface area (Å²) in [6.07, 6.45) is 1.03. The van der Waals surface area contributed by atoms with Crippen LogP contribution in [0.15, 0.2) is 0 Å². The molecular formula is C11H19N3O3. The van der Waals surface area contributed by atoms with Crippen LogP contribution in [0, 0.1) is 0 Å². The van der Waals surface area contributed by atoms with Gasteiger partial charge in [-0.3, -0.25) is 9.59 Å². The molecule has 17 heavy (non-hydrogen) atoms. The van der Waals surface area contributed by atoms with Gasteiger partial charge in [-0.05, 0) is 19.9 Å². The van der Waals surface area contributed by atoms with Crippen LogP contribution in [0.2, 0.25) is 0 Å². The minimum atomic E-state index is -0.621. The van der Waals surface area contributed by atoms with Gasteiger partial charge in [-0.15, -0.1) is 0 Å². The van der Waals surface area contributed by atoms with Crippen molar-refractivity contribution in [1.82, 2.24) is 15.1 Å². The topological polar surface area (TPSA) is 72.9 Å². The predicted molar refractivity (Wildman–Crippen MR) is 61.2 cm³/mol. The highest BCUT2D eigenvalue weighted by Gasteiger charge is 2.42. The summed E-state index contributed by atoms with van der Waals surface area (Å²) in [5.74, 6) is -0.0130. The fourth-order valence-electron chi connectivity index (χ4n) is 2.57. The number of nitrogens with zero attached hydrogens (tertiary/aromatic N) is 2. The van der Waals surface area contributed by atoms with Crippen molar-refractivity contribution < 1.29 is 14.7 Å². The maximum absolute atomic E-state index is 12.1. The molecule has 2 rings (SSSR count). The SMILES string of the molecule is CNCC(O)CN1CC(=O)N2CCCC2C1=O. The van der Waals surface area contributed by atoms with Crippen LogP contribution < -0.4 is 5.32 Å². The second kappa shape index (κ2) is 5.01. The van der Waals surface area contributed by atoms with Gasteiger partial charge in [-0.2, -0.15) is 0 Å². The van der Waals surface area contributed by atoms with Crippen LogP contribution >= 0.6 is 0 Å². The van der Waals surface area contributed by atoms with E-state index in [1.54, 1.807) is 11.9 Å². The van der Waals surface area contributed by atoms with Gasteiger partial charge in [-0.1, -0.05) is 0 Å². The Labute approximate surface area is 101 Å². The van der Waals surface area contributed by atoms with Crippen LogP contribution in [0.25, 0.3) is 0 Å². The fraction of sp³-hybridized carbons (Fsp3) is 0.818. The molecule has 0 radical (unpaired) electrons. The van der Waals surface area contributed by atoms with Crippen LogP contribution in [0.5, 0.6) is 0 Å². The minimum absolute atomic E-state index is 0.00348. The number of carbonyl (C=O) groups excluding carboxylic acids is 2. The van der Waals surface area contributed by atoms with E-state index in [-0.39, 0.29) is 30.9 Å². The molecule has 0 bridgehead atoms. The second-order valence-corrected chi connectivity index (χ2v) is 4.68. The number of β-amino-alcohol motifs (C(OH)–C–C–N with tert-alkyl or cyclic N) is 1. The standard InChI is InChI=1S/C11H19N3O3/c1-12-5-8(15)6-13-7-10(16)14-4-2-3-9(14)11(13)17/h8-9,12,15H,2-7H2,1H3. The zero-order valence-corrected chi connectivity index (χ0v) is 10.1. The molecule has 2 aliphatic rings. The summed E-state index contributed by atoms with van der Waals surface area (Å²) in [5, 5.41) is 12.5. The average Bonchev–Trinajstić information content (AvgIpc) is 2.75. The zero-order valence-electron chi connectivity index (χ0n) is 10.1. The first-order valence-electron chi connectivity index (χ1n) is 6.04. The number of nitrogens with one attached hydrogen (secondary N) is 1. The summed E-state index contributed by atoms with van der Waals surface area (Å²) in [4.78, 5) is 27.1. The lowest BCUT2D eigenvalue weighted by molar-refractivity contribution is -0.154. The van der Waals surface area contributed by atoms with E-state index in [1.807, 2.05) is 0 Å². The number of rotatable bonds is 4. The maximum atomic E-state index is 12.1. The van der Waals surface area contributed by atoms with Gasteiger partial charge in [0.2, 0.25) is 11.8 Å². The normalized spacial score (nSPS) is 26.4. The third-order valence-corrected chi connectivity index (χ3v) is 3.37. The predicted octanol–water partition coefficient (Wildman–Crippen LogP) is -1.60. The number of piperazine rings is 1. The van der Waals surface area contributed by atoms with Gasteiger partial charge < -0.3 is 20.2 Å². The summed E-state index contributed by atoms with van der Waals surface area (Å²) in [5.41, 5.74) is 0. The Balaban J connectivity index is 1.99. The van der Waals surface area contributed by atoms with Crippen LogP contribution in [0.3, 0.4) is 0 Å². The van der Waals surface area contributed by atoms with E-state index < -0.39 is 6.10 Å². The molecule has 2 amide bonds. The Morgan fingerprint density at radius 3 is 3.00 bits per heavy atom. The molecule has 0 saturated carbocycles. The Morgan fingerprint density at radius 1 is 1.53 bits per heavy atom. The third kappa shape index (κ3) is 2.42. The first-order chi connectivity index (χ1) is 8.13. The fourth-order valence-corrected chi connectivity index (χ4v) is 2.57. The van der Waals surface area contributed by atoms with Gasteiger partial charge in [0.05, 0.1) is 12.6 Å². The van der Waals surface area contributed by atoms with Crippen LogP contribution in [-0.2, 0) is 9.59 Å². The quantitative estimate of drug-likeness (QED) is 0.622. The lowest BCUT2D eigenvalue weighted by Crippen LogP contribution is -2.59. The maximum Gasteiger partial charge on any atom is 0.245 e. The van der Waals surface area contributed by atoms with Gasteiger partial charge in [-0.25, -0.2) is 0 Å². The summed E-state index contributed by atoms with van der Waals surface area (Å²) >= 11 is 0. The third-order valence-electron chi connectivity index (χ3n) is 3.37. The molecule has 0 aromatic carbocycles. The molecule has 0 aromatic heterocycles. The molecule has 6 nitrogen and oxygen atoms in total. The second-order valence-electron chi connectivity index (χ2n) is 4.68.